The fourth-order valence-corrected chi connectivity index (χ4v) is 3.62. The summed E-state index contributed by atoms with van der Waals surface area (Å²) in [5.74, 6) is -0.775. The third-order valence-electron chi connectivity index (χ3n) is 5.01. The van der Waals surface area contributed by atoms with Crippen molar-refractivity contribution in [3.63, 3.8) is 0 Å². The van der Waals surface area contributed by atoms with Gasteiger partial charge in [0.2, 0.25) is 17.5 Å². The summed E-state index contributed by atoms with van der Waals surface area (Å²) in [6, 6.07) is 26.9. The molecule has 0 bridgehead atoms. The number of ketones is 1. The molecule has 0 spiro atoms. The number of para-hydroxylation sites is 2. The molecule has 0 amide bonds. The van der Waals surface area contributed by atoms with Crippen LogP contribution in [0.4, 0.5) is 0 Å². The van der Waals surface area contributed by atoms with Gasteiger partial charge in [-0.2, -0.15) is 5.10 Å². The predicted molar refractivity (Wildman–Crippen MR) is 114 cm³/mol. The number of aromatic hydroxyl groups is 2. The topological polar surface area (TPSA) is 80.3 Å². The Hall–Kier alpha value is -4.32. The number of hydrogen-bond acceptors (Lipinski definition) is 4. The molecule has 0 radical (unpaired) electrons. The van der Waals surface area contributed by atoms with Crippen molar-refractivity contribution in [2.45, 2.75) is 0 Å². The number of rotatable bonds is 4. The summed E-state index contributed by atoms with van der Waals surface area (Å²) >= 11 is 0. The van der Waals surface area contributed by atoms with Crippen molar-refractivity contribution in [2.24, 2.45) is 0 Å². The van der Waals surface area contributed by atoms with Gasteiger partial charge in [0.05, 0.1) is 16.8 Å². The van der Waals surface area contributed by atoms with Crippen LogP contribution >= 0.6 is 0 Å². The highest BCUT2D eigenvalue weighted by Gasteiger charge is 2.29. The molecule has 3 aromatic carbocycles. The molecule has 0 fully saturated rings. The average molecular weight is 395 g/mol. The second-order valence-electron chi connectivity index (χ2n) is 6.83. The van der Waals surface area contributed by atoms with Crippen LogP contribution in [0.3, 0.4) is 0 Å². The highest BCUT2D eigenvalue weighted by atomic mass is 16.3. The van der Waals surface area contributed by atoms with Crippen LogP contribution < -0.4 is 0 Å². The van der Waals surface area contributed by atoms with E-state index in [9.17, 15) is 15.0 Å². The van der Waals surface area contributed by atoms with Crippen molar-refractivity contribution in [1.29, 1.82) is 0 Å². The third kappa shape index (κ3) is 2.66. The van der Waals surface area contributed by atoms with E-state index in [4.69, 9.17) is 0 Å². The van der Waals surface area contributed by atoms with Crippen LogP contribution in [-0.2, 0) is 0 Å². The van der Waals surface area contributed by atoms with Crippen LogP contribution in [0, 0.1) is 0 Å². The Labute approximate surface area is 171 Å². The van der Waals surface area contributed by atoms with Gasteiger partial charge in [0.1, 0.15) is 11.2 Å². The number of nitrogens with zero attached hydrogens (tertiary/aromatic N) is 3. The SMILES string of the molecule is O=C(c1ccccc1)c1nn(-c2ccccc2)c2c(O)n(-c3ccccc3)c(O)c12. The minimum atomic E-state index is -0.337. The predicted octanol–water partition coefficient (Wildman–Crippen LogP) is 4.46. The summed E-state index contributed by atoms with van der Waals surface area (Å²) in [6.07, 6.45) is 0. The molecule has 0 saturated heterocycles. The Morgan fingerprint density at radius 3 is 1.83 bits per heavy atom. The molecule has 5 rings (SSSR count). The quantitative estimate of drug-likeness (QED) is 0.440. The van der Waals surface area contributed by atoms with E-state index in [0.717, 1.165) is 0 Å². The van der Waals surface area contributed by atoms with Crippen LogP contribution in [0.15, 0.2) is 91.0 Å². The second-order valence-corrected chi connectivity index (χ2v) is 6.83. The van der Waals surface area contributed by atoms with E-state index >= 15 is 0 Å². The van der Waals surface area contributed by atoms with E-state index in [1.165, 1.54) is 9.25 Å². The maximum absolute atomic E-state index is 13.2. The Morgan fingerprint density at radius 2 is 1.23 bits per heavy atom. The molecule has 5 aromatic rings. The standard InChI is InChI=1S/C24H17N3O3/c28-22(16-10-4-1-5-11-16)20-19-21(27(25-20)18-14-8-3-9-15-18)24(30)26(23(19)29)17-12-6-2-7-13-17/h1-15,29-30H. The molecule has 2 heterocycles. The van der Waals surface area contributed by atoms with E-state index in [1.54, 1.807) is 48.5 Å². The monoisotopic (exact) mass is 395 g/mol. The molecule has 0 saturated carbocycles. The molecule has 6 nitrogen and oxygen atoms in total. The van der Waals surface area contributed by atoms with Crippen molar-refractivity contribution >= 4 is 16.7 Å². The van der Waals surface area contributed by atoms with Gasteiger partial charge in [0, 0.05) is 5.56 Å². The van der Waals surface area contributed by atoms with Gasteiger partial charge < -0.3 is 10.2 Å². The Morgan fingerprint density at radius 1 is 0.700 bits per heavy atom. The van der Waals surface area contributed by atoms with Gasteiger partial charge in [0.15, 0.2) is 0 Å². The number of carbonyl (C=O) groups excluding carboxylic acids is 1. The van der Waals surface area contributed by atoms with Gasteiger partial charge in [0.25, 0.3) is 0 Å². The number of aromatic nitrogens is 3. The van der Waals surface area contributed by atoms with Crippen LogP contribution in [0.5, 0.6) is 11.8 Å². The average Bonchev–Trinajstić information content (AvgIpc) is 3.32. The molecule has 0 unspecified atom stereocenters. The normalized spacial score (nSPS) is 11.1. The highest BCUT2D eigenvalue weighted by molar-refractivity contribution is 6.17. The molecular weight excluding hydrogens is 378 g/mol. The molecule has 6 heteroatoms. The fraction of sp³-hybridized carbons (Fsp3) is 0. The summed E-state index contributed by atoms with van der Waals surface area (Å²) in [4.78, 5) is 13.2. The van der Waals surface area contributed by atoms with Crippen LogP contribution in [-0.4, -0.2) is 30.3 Å². The number of benzene rings is 3. The van der Waals surface area contributed by atoms with Crippen molar-refractivity contribution in [3.8, 4) is 23.1 Å². The largest absolute Gasteiger partial charge is 0.494 e. The number of carbonyl (C=O) groups is 1. The zero-order chi connectivity index (χ0) is 20.7. The summed E-state index contributed by atoms with van der Waals surface area (Å²) < 4.78 is 2.80. The molecule has 0 aliphatic carbocycles. The Kier molecular flexibility index (Phi) is 4.10. The summed E-state index contributed by atoms with van der Waals surface area (Å²) in [6.45, 7) is 0. The van der Waals surface area contributed by atoms with Gasteiger partial charge in [-0.15, -0.1) is 0 Å². The summed E-state index contributed by atoms with van der Waals surface area (Å²) in [5.41, 5.74) is 2.02. The maximum Gasteiger partial charge on any atom is 0.226 e. The fourth-order valence-electron chi connectivity index (χ4n) is 3.62. The van der Waals surface area contributed by atoms with E-state index in [-0.39, 0.29) is 34.1 Å². The molecule has 146 valence electrons. The van der Waals surface area contributed by atoms with Crippen molar-refractivity contribution in [1.82, 2.24) is 14.3 Å². The molecule has 0 atom stereocenters. The zero-order valence-corrected chi connectivity index (χ0v) is 15.8. The smallest absolute Gasteiger partial charge is 0.226 e. The molecular formula is C24H17N3O3. The first-order valence-electron chi connectivity index (χ1n) is 9.43. The van der Waals surface area contributed by atoms with Crippen molar-refractivity contribution in [2.75, 3.05) is 0 Å². The third-order valence-corrected chi connectivity index (χ3v) is 5.01. The van der Waals surface area contributed by atoms with Gasteiger partial charge >= 0.3 is 0 Å². The first kappa shape index (κ1) is 17.8. The minimum Gasteiger partial charge on any atom is -0.494 e. The summed E-state index contributed by atoms with van der Waals surface area (Å²) in [7, 11) is 0. The van der Waals surface area contributed by atoms with E-state index in [1.807, 2.05) is 42.5 Å². The lowest BCUT2D eigenvalue weighted by molar-refractivity contribution is 0.103. The van der Waals surface area contributed by atoms with E-state index < -0.39 is 0 Å². The molecule has 2 N–H and O–H groups in total. The van der Waals surface area contributed by atoms with Crippen LogP contribution in [0.2, 0.25) is 0 Å². The first-order valence-corrected chi connectivity index (χ1v) is 9.43. The molecule has 0 aliphatic rings. The van der Waals surface area contributed by atoms with Gasteiger partial charge in [-0.05, 0) is 24.3 Å². The van der Waals surface area contributed by atoms with Gasteiger partial charge in [-0.25, -0.2) is 9.25 Å². The molecule has 2 aromatic heterocycles. The number of hydrogen-bond donors (Lipinski definition) is 2. The second kappa shape index (κ2) is 6.93. The van der Waals surface area contributed by atoms with Gasteiger partial charge in [-0.1, -0.05) is 66.7 Å². The summed E-state index contributed by atoms with van der Waals surface area (Å²) in [5, 5.41) is 26.8. The lowest BCUT2D eigenvalue weighted by Crippen LogP contribution is -2.05. The minimum absolute atomic E-state index is 0.0718. The maximum atomic E-state index is 13.2. The van der Waals surface area contributed by atoms with Crippen molar-refractivity contribution < 1.29 is 15.0 Å². The Bertz CT molecular complexity index is 1360. The Balaban J connectivity index is 1.84. The highest BCUT2D eigenvalue weighted by Crippen LogP contribution is 2.42. The zero-order valence-electron chi connectivity index (χ0n) is 15.8. The molecule has 0 aliphatic heterocycles. The first-order chi connectivity index (χ1) is 14.7. The van der Waals surface area contributed by atoms with Crippen LogP contribution in [0.25, 0.3) is 22.3 Å². The molecule has 30 heavy (non-hydrogen) atoms. The van der Waals surface area contributed by atoms with Crippen LogP contribution in [0.1, 0.15) is 16.1 Å². The van der Waals surface area contributed by atoms with Crippen molar-refractivity contribution in [3.05, 3.63) is 102 Å². The lowest BCUT2D eigenvalue weighted by Gasteiger charge is -2.08. The number of fused-ring (bicyclic) bond motifs is 1. The lowest BCUT2D eigenvalue weighted by atomic mass is 10.1. The van der Waals surface area contributed by atoms with E-state index in [0.29, 0.717) is 16.9 Å². The van der Waals surface area contributed by atoms with E-state index in [2.05, 4.69) is 5.10 Å². The van der Waals surface area contributed by atoms with Gasteiger partial charge in [-0.3, -0.25) is 4.79 Å².